The number of benzene rings is 3. The minimum atomic E-state index is -0.300. The highest BCUT2D eigenvalue weighted by atomic mass is 35.5. The van der Waals surface area contributed by atoms with Crippen LogP contribution in [0.15, 0.2) is 66.9 Å². The first-order valence-electron chi connectivity index (χ1n) is 12.2. The number of nitrogen functional groups attached to an aromatic ring is 1. The van der Waals surface area contributed by atoms with Crippen LogP contribution in [0.3, 0.4) is 0 Å². The van der Waals surface area contributed by atoms with Gasteiger partial charge in [-0.2, -0.15) is 0 Å². The van der Waals surface area contributed by atoms with Crippen molar-refractivity contribution in [1.29, 1.82) is 0 Å². The Kier molecular flexibility index (Phi) is 6.00. The molecule has 196 valence electrons. The summed E-state index contributed by atoms with van der Waals surface area (Å²) in [6.45, 7) is 0.347. The summed E-state index contributed by atoms with van der Waals surface area (Å²) in [7, 11) is 1.57. The number of hydrogen-bond acceptors (Lipinski definition) is 6. The summed E-state index contributed by atoms with van der Waals surface area (Å²) in [5.74, 6) is 0.208. The normalized spacial score (nSPS) is 14.5. The van der Waals surface area contributed by atoms with Crippen molar-refractivity contribution in [3.8, 4) is 11.5 Å². The van der Waals surface area contributed by atoms with Crippen LogP contribution in [0.4, 0.5) is 17.1 Å². The number of halogens is 1. The van der Waals surface area contributed by atoms with E-state index in [4.69, 9.17) is 22.1 Å². The second-order valence-electron chi connectivity index (χ2n) is 9.40. The molecule has 0 spiro atoms. The number of H-pyrrole nitrogens is 1. The number of nitrogens with zero attached hydrogens (tertiary/aromatic N) is 2. The van der Waals surface area contributed by atoms with Crippen LogP contribution in [-0.4, -0.2) is 46.4 Å². The fraction of sp³-hybridized carbons (Fsp3) is 0.138. The van der Waals surface area contributed by atoms with Crippen molar-refractivity contribution in [1.82, 2.24) is 9.97 Å². The van der Waals surface area contributed by atoms with Crippen molar-refractivity contribution in [2.24, 2.45) is 0 Å². The number of carbonyl (C=O) groups excluding carboxylic acids is 2. The van der Waals surface area contributed by atoms with Crippen LogP contribution in [-0.2, 0) is 0 Å². The number of aromatic nitrogens is 2. The lowest BCUT2D eigenvalue weighted by Gasteiger charge is -2.18. The Balaban J connectivity index is 1.33. The average molecular weight is 542 g/mol. The highest BCUT2D eigenvalue weighted by Gasteiger charge is 2.36. The van der Waals surface area contributed by atoms with Gasteiger partial charge in [-0.05, 0) is 48.0 Å². The Hall–Kier alpha value is -4.76. The largest absolute Gasteiger partial charge is 0.507 e. The molecule has 2 aromatic heterocycles. The molecule has 5 N–H and O–H groups in total. The summed E-state index contributed by atoms with van der Waals surface area (Å²) in [5, 5.41) is 15.7. The third kappa shape index (κ3) is 4.17. The van der Waals surface area contributed by atoms with Gasteiger partial charge in [-0.3, -0.25) is 9.59 Å². The van der Waals surface area contributed by atoms with Crippen molar-refractivity contribution < 1.29 is 19.4 Å². The minimum Gasteiger partial charge on any atom is -0.507 e. The molecule has 3 aromatic carbocycles. The van der Waals surface area contributed by atoms with Crippen LogP contribution in [0.5, 0.6) is 11.5 Å². The molecule has 3 heterocycles. The van der Waals surface area contributed by atoms with Gasteiger partial charge in [0.25, 0.3) is 11.8 Å². The molecule has 9 nitrogen and oxygen atoms in total. The number of rotatable bonds is 5. The first-order chi connectivity index (χ1) is 18.9. The number of nitrogens with two attached hydrogens (primary N) is 1. The quantitative estimate of drug-likeness (QED) is 0.177. The molecule has 1 aliphatic rings. The summed E-state index contributed by atoms with van der Waals surface area (Å²) in [6, 6.07) is 17.1. The number of methoxy groups -OCH3 is 1. The fourth-order valence-electron chi connectivity index (χ4n) is 5.15. The second kappa shape index (κ2) is 9.52. The van der Waals surface area contributed by atoms with E-state index in [2.05, 4.69) is 15.3 Å². The molecular formula is C29H24ClN5O4. The number of carbonyl (C=O) groups is 2. The maximum Gasteiger partial charge on any atom is 0.274 e. The Labute approximate surface area is 228 Å². The molecule has 1 atom stereocenters. The number of anilines is 3. The van der Waals surface area contributed by atoms with E-state index in [-0.39, 0.29) is 23.5 Å². The molecule has 39 heavy (non-hydrogen) atoms. The molecule has 1 aliphatic heterocycles. The van der Waals surface area contributed by atoms with Crippen molar-refractivity contribution in [3.05, 3.63) is 83.7 Å². The van der Waals surface area contributed by atoms with Gasteiger partial charge in [0.2, 0.25) is 0 Å². The Morgan fingerprint density at radius 1 is 1.21 bits per heavy atom. The summed E-state index contributed by atoms with van der Waals surface area (Å²) in [6.07, 6.45) is 1.52. The van der Waals surface area contributed by atoms with E-state index < -0.39 is 0 Å². The highest BCUT2D eigenvalue weighted by Crippen LogP contribution is 2.48. The summed E-state index contributed by atoms with van der Waals surface area (Å²) in [4.78, 5) is 35.4. The zero-order valence-corrected chi connectivity index (χ0v) is 21.6. The predicted molar refractivity (Wildman–Crippen MR) is 152 cm³/mol. The summed E-state index contributed by atoms with van der Waals surface area (Å²) in [5.41, 5.74) is 9.49. The molecule has 0 saturated heterocycles. The first kappa shape index (κ1) is 24.6. The van der Waals surface area contributed by atoms with Gasteiger partial charge in [0.15, 0.2) is 0 Å². The lowest BCUT2D eigenvalue weighted by molar-refractivity contribution is 0.0983. The smallest absolute Gasteiger partial charge is 0.274 e. The number of nitrogens with one attached hydrogen (secondary N) is 2. The van der Waals surface area contributed by atoms with Gasteiger partial charge in [0.1, 0.15) is 22.8 Å². The SMILES string of the molecule is COc1cccc2c(O)cc3c(c12)[C@H](CCl)CN3C(=O)c1cc2cc(NC(=O)c3ccc(N)cc3)cnc2[nH]1. The van der Waals surface area contributed by atoms with E-state index >= 15 is 0 Å². The van der Waals surface area contributed by atoms with Crippen LogP contribution in [0, 0.1) is 0 Å². The van der Waals surface area contributed by atoms with Gasteiger partial charge in [-0.15, -0.1) is 11.6 Å². The maximum atomic E-state index is 13.7. The first-order valence-corrected chi connectivity index (χ1v) is 12.8. The summed E-state index contributed by atoms with van der Waals surface area (Å²) < 4.78 is 5.59. The zero-order valence-electron chi connectivity index (χ0n) is 20.9. The number of phenolic OH excluding ortho intramolecular Hbond substituents is 1. The Morgan fingerprint density at radius 2 is 2.00 bits per heavy atom. The topological polar surface area (TPSA) is 134 Å². The van der Waals surface area contributed by atoms with Gasteiger partial charge in [-0.25, -0.2) is 4.98 Å². The zero-order chi connectivity index (χ0) is 27.3. The van der Waals surface area contributed by atoms with Gasteiger partial charge in [0, 0.05) is 51.8 Å². The molecule has 10 heteroatoms. The molecule has 5 aromatic rings. The monoisotopic (exact) mass is 541 g/mol. The highest BCUT2D eigenvalue weighted by molar-refractivity contribution is 6.19. The van der Waals surface area contributed by atoms with Gasteiger partial charge >= 0.3 is 0 Å². The van der Waals surface area contributed by atoms with Crippen LogP contribution < -0.4 is 20.7 Å². The van der Waals surface area contributed by atoms with Crippen LogP contribution in [0.2, 0.25) is 0 Å². The minimum absolute atomic E-state index is 0.0514. The number of aromatic amines is 1. The van der Waals surface area contributed by atoms with E-state index in [9.17, 15) is 14.7 Å². The molecule has 0 bridgehead atoms. The van der Waals surface area contributed by atoms with Crippen LogP contribution in [0.1, 0.15) is 32.3 Å². The molecule has 0 unspecified atom stereocenters. The van der Waals surface area contributed by atoms with Crippen molar-refractivity contribution in [2.75, 3.05) is 35.5 Å². The number of alkyl halides is 1. The number of hydrogen-bond donors (Lipinski definition) is 4. The van der Waals surface area contributed by atoms with Crippen molar-refractivity contribution in [3.63, 3.8) is 0 Å². The van der Waals surface area contributed by atoms with Gasteiger partial charge in [-0.1, -0.05) is 12.1 Å². The average Bonchev–Trinajstić information content (AvgIpc) is 3.54. The molecule has 0 aliphatic carbocycles. The molecule has 0 saturated carbocycles. The standard InChI is InChI=1S/C29H24ClN5O4/c1-39-24-4-2-3-20-23(36)11-22-25(26(20)24)17(12-30)14-35(22)29(38)21-10-16-9-19(13-32-27(16)34-21)33-28(37)15-5-7-18(31)8-6-15/h2-11,13,17,36H,12,14,31H2,1H3,(H,32,34)(H,33,37)/t17-/m1/s1. The van der Waals surface area contributed by atoms with E-state index in [0.717, 1.165) is 10.9 Å². The van der Waals surface area contributed by atoms with E-state index in [1.807, 2.05) is 18.2 Å². The molecule has 0 fully saturated rings. The van der Waals surface area contributed by atoms with Gasteiger partial charge < -0.3 is 30.8 Å². The van der Waals surface area contributed by atoms with E-state index in [1.165, 1.54) is 6.20 Å². The number of phenols is 1. The molecule has 0 radical (unpaired) electrons. The third-order valence-electron chi connectivity index (χ3n) is 7.01. The van der Waals surface area contributed by atoms with Crippen molar-refractivity contribution >= 4 is 62.3 Å². The van der Waals surface area contributed by atoms with Crippen LogP contribution in [0.25, 0.3) is 21.8 Å². The van der Waals surface area contributed by atoms with Gasteiger partial charge in [0.05, 0.1) is 24.7 Å². The number of pyridine rings is 1. The van der Waals surface area contributed by atoms with E-state index in [0.29, 0.717) is 62.9 Å². The maximum absolute atomic E-state index is 13.7. The Bertz CT molecular complexity index is 1770. The lowest BCUT2D eigenvalue weighted by atomic mass is 9.94. The predicted octanol–water partition coefficient (Wildman–Crippen LogP) is 5.25. The van der Waals surface area contributed by atoms with E-state index in [1.54, 1.807) is 54.5 Å². The van der Waals surface area contributed by atoms with Crippen LogP contribution >= 0.6 is 11.6 Å². The molecule has 6 rings (SSSR count). The fourth-order valence-corrected chi connectivity index (χ4v) is 5.40. The molecular weight excluding hydrogens is 518 g/mol. The number of amides is 2. The third-order valence-corrected chi connectivity index (χ3v) is 7.38. The molecule has 2 amide bonds. The van der Waals surface area contributed by atoms with Crippen molar-refractivity contribution in [2.45, 2.75) is 5.92 Å². The lowest BCUT2D eigenvalue weighted by Crippen LogP contribution is -2.30. The Morgan fingerprint density at radius 3 is 2.74 bits per heavy atom. The summed E-state index contributed by atoms with van der Waals surface area (Å²) >= 11 is 6.36. The number of aromatic hydroxyl groups is 1. The number of ether oxygens (including phenoxy) is 1. The number of fused-ring (bicyclic) bond motifs is 4. The second-order valence-corrected chi connectivity index (χ2v) is 9.71.